The molecule has 1 N–H and O–H groups in total. The van der Waals surface area contributed by atoms with Gasteiger partial charge in [-0.1, -0.05) is 20.8 Å². The van der Waals surface area contributed by atoms with Gasteiger partial charge in [-0.3, -0.25) is 0 Å². The van der Waals surface area contributed by atoms with Gasteiger partial charge >= 0.3 is 0 Å². The third-order valence-corrected chi connectivity index (χ3v) is 5.55. The van der Waals surface area contributed by atoms with Crippen molar-refractivity contribution in [3.05, 3.63) is 17.0 Å². The molecule has 0 aromatic carbocycles. The second-order valence-corrected chi connectivity index (χ2v) is 9.79. The summed E-state index contributed by atoms with van der Waals surface area (Å²) in [4.78, 5) is 1.00. The van der Waals surface area contributed by atoms with Crippen LogP contribution < -0.4 is 4.72 Å². The topological polar surface area (TPSA) is 46.2 Å². The van der Waals surface area contributed by atoms with E-state index in [4.69, 9.17) is 0 Å². The van der Waals surface area contributed by atoms with E-state index in [0.29, 0.717) is 4.21 Å². The molecular formula is C13H23NO2S2. The summed E-state index contributed by atoms with van der Waals surface area (Å²) in [5.41, 5.74) is -0.369. The van der Waals surface area contributed by atoms with Crippen molar-refractivity contribution in [2.75, 3.05) is 0 Å². The molecule has 0 saturated carbocycles. The van der Waals surface area contributed by atoms with E-state index in [9.17, 15) is 8.42 Å². The van der Waals surface area contributed by atoms with Crippen molar-refractivity contribution in [3.63, 3.8) is 0 Å². The lowest BCUT2D eigenvalue weighted by molar-refractivity contribution is 0.269. The first kappa shape index (κ1) is 15.7. The molecule has 3 nitrogen and oxygen atoms in total. The van der Waals surface area contributed by atoms with Crippen molar-refractivity contribution in [2.45, 2.75) is 57.7 Å². The zero-order valence-electron chi connectivity index (χ0n) is 12.0. The van der Waals surface area contributed by atoms with Gasteiger partial charge in [-0.25, -0.2) is 13.1 Å². The molecule has 0 bridgehead atoms. The highest BCUT2D eigenvalue weighted by atomic mass is 32.2. The number of nitrogens with one attached hydrogen (secondary N) is 1. The molecule has 0 aliphatic rings. The van der Waals surface area contributed by atoms with Crippen LogP contribution in [-0.4, -0.2) is 14.0 Å². The van der Waals surface area contributed by atoms with Gasteiger partial charge in [0.2, 0.25) is 0 Å². The first-order valence-electron chi connectivity index (χ1n) is 6.02. The molecule has 0 radical (unpaired) electrons. The molecule has 1 aromatic rings. The van der Waals surface area contributed by atoms with E-state index in [1.54, 1.807) is 6.07 Å². The Bertz CT molecular complexity index is 507. The molecule has 1 rings (SSSR count). The van der Waals surface area contributed by atoms with E-state index in [1.165, 1.54) is 11.3 Å². The van der Waals surface area contributed by atoms with Crippen molar-refractivity contribution >= 4 is 21.4 Å². The fourth-order valence-electron chi connectivity index (χ4n) is 2.33. The van der Waals surface area contributed by atoms with Gasteiger partial charge in [0.25, 0.3) is 10.0 Å². The lowest BCUT2D eigenvalue weighted by Gasteiger charge is -2.32. The maximum absolute atomic E-state index is 12.2. The summed E-state index contributed by atoms with van der Waals surface area (Å²) in [6, 6.07) is 3.49. The van der Waals surface area contributed by atoms with Gasteiger partial charge in [-0.15, -0.1) is 11.3 Å². The van der Waals surface area contributed by atoms with Gasteiger partial charge in [0.05, 0.1) is 0 Å². The molecule has 0 fully saturated rings. The minimum Gasteiger partial charge on any atom is -0.206 e. The predicted molar refractivity (Wildman–Crippen MR) is 77.5 cm³/mol. The molecule has 0 spiro atoms. The zero-order chi connectivity index (χ0) is 14.2. The van der Waals surface area contributed by atoms with E-state index in [0.717, 1.165) is 11.3 Å². The fraction of sp³-hybridized carbons (Fsp3) is 0.692. The summed E-state index contributed by atoms with van der Waals surface area (Å²) in [6.07, 6.45) is 0.781. The predicted octanol–water partition coefficient (Wildman–Crippen LogP) is 3.55. The van der Waals surface area contributed by atoms with Crippen LogP contribution in [0.5, 0.6) is 0 Å². The van der Waals surface area contributed by atoms with Crippen molar-refractivity contribution in [2.24, 2.45) is 5.41 Å². The number of aryl methyl sites for hydroxylation is 1. The summed E-state index contributed by atoms with van der Waals surface area (Å²) in [7, 11) is -3.40. The maximum Gasteiger partial charge on any atom is 0.250 e. The highest BCUT2D eigenvalue weighted by Gasteiger charge is 2.31. The molecule has 18 heavy (non-hydrogen) atoms. The van der Waals surface area contributed by atoms with Gasteiger partial charge in [-0.2, -0.15) is 0 Å². The number of sulfonamides is 1. The molecule has 1 heterocycles. The van der Waals surface area contributed by atoms with Crippen molar-refractivity contribution in [1.82, 2.24) is 4.72 Å². The molecule has 0 amide bonds. The Morgan fingerprint density at radius 2 is 1.72 bits per heavy atom. The monoisotopic (exact) mass is 289 g/mol. The summed E-state index contributed by atoms with van der Waals surface area (Å²) in [5.74, 6) is 0. The van der Waals surface area contributed by atoms with Crippen LogP contribution >= 0.6 is 11.3 Å². The number of hydrogen-bond donors (Lipinski definition) is 1. The van der Waals surface area contributed by atoms with E-state index < -0.39 is 15.6 Å². The Morgan fingerprint density at radius 3 is 2.11 bits per heavy atom. The van der Waals surface area contributed by atoms with Crippen molar-refractivity contribution in [3.8, 4) is 0 Å². The molecule has 104 valence electrons. The smallest absolute Gasteiger partial charge is 0.206 e. The molecular weight excluding hydrogens is 266 g/mol. The van der Waals surface area contributed by atoms with Crippen LogP contribution in [-0.2, 0) is 10.0 Å². The average molecular weight is 289 g/mol. The second-order valence-electron chi connectivity index (χ2n) is 6.59. The Hall–Kier alpha value is -0.390. The van der Waals surface area contributed by atoms with Crippen LogP contribution in [0.4, 0.5) is 0 Å². The molecule has 0 aliphatic heterocycles. The third kappa shape index (κ3) is 4.71. The fourth-order valence-corrected chi connectivity index (χ4v) is 5.03. The quantitative estimate of drug-likeness (QED) is 0.921. The molecule has 1 aromatic heterocycles. The number of hydrogen-bond acceptors (Lipinski definition) is 3. The molecule has 0 atom stereocenters. The number of thiophene rings is 1. The van der Waals surface area contributed by atoms with Gasteiger partial charge in [-0.05, 0) is 44.7 Å². The Labute approximate surface area is 115 Å². The van der Waals surface area contributed by atoms with Crippen LogP contribution in [0.25, 0.3) is 0 Å². The second kappa shape index (κ2) is 4.94. The molecule has 5 heteroatoms. The lowest BCUT2D eigenvalue weighted by atomic mass is 9.82. The maximum atomic E-state index is 12.2. The standard InChI is InChI=1S/C13H23NO2S2/c1-10-7-8-11(17-10)18(15,16)14-13(5,6)9-12(2,3)4/h7-8,14H,9H2,1-6H3. The lowest BCUT2D eigenvalue weighted by Crippen LogP contribution is -2.45. The molecule has 0 saturated heterocycles. The van der Waals surface area contributed by atoms with Crippen molar-refractivity contribution < 1.29 is 8.42 Å². The van der Waals surface area contributed by atoms with Crippen LogP contribution in [0.2, 0.25) is 0 Å². The first-order valence-corrected chi connectivity index (χ1v) is 8.32. The van der Waals surface area contributed by atoms with E-state index in [-0.39, 0.29) is 5.41 Å². The van der Waals surface area contributed by atoms with E-state index >= 15 is 0 Å². The normalized spacial score (nSPS) is 13.9. The van der Waals surface area contributed by atoms with Gasteiger partial charge in [0, 0.05) is 10.4 Å². The number of rotatable bonds is 4. The van der Waals surface area contributed by atoms with Gasteiger partial charge in [0.1, 0.15) is 4.21 Å². The van der Waals surface area contributed by atoms with Crippen LogP contribution in [0, 0.1) is 12.3 Å². The highest BCUT2D eigenvalue weighted by molar-refractivity contribution is 7.91. The first-order chi connectivity index (χ1) is 7.91. The third-order valence-electron chi connectivity index (χ3n) is 2.36. The van der Waals surface area contributed by atoms with E-state index in [2.05, 4.69) is 25.5 Å². The van der Waals surface area contributed by atoms with Crippen LogP contribution in [0.3, 0.4) is 0 Å². The summed E-state index contributed by atoms with van der Waals surface area (Å²) >= 11 is 1.30. The summed E-state index contributed by atoms with van der Waals surface area (Å²) < 4.78 is 27.7. The minimum atomic E-state index is -3.40. The van der Waals surface area contributed by atoms with Crippen LogP contribution in [0.1, 0.15) is 45.9 Å². The largest absolute Gasteiger partial charge is 0.250 e. The average Bonchev–Trinajstić information content (AvgIpc) is 2.44. The molecule has 0 unspecified atom stereocenters. The Kier molecular flexibility index (Phi) is 4.30. The molecule has 0 aliphatic carbocycles. The summed E-state index contributed by atoms with van der Waals surface area (Å²) in [6.45, 7) is 12.1. The van der Waals surface area contributed by atoms with E-state index in [1.807, 2.05) is 26.8 Å². The van der Waals surface area contributed by atoms with Gasteiger partial charge < -0.3 is 0 Å². The zero-order valence-corrected chi connectivity index (χ0v) is 13.6. The Balaban J connectivity index is 2.90. The highest BCUT2D eigenvalue weighted by Crippen LogP contribution is 2.29. The van der Waals surface area contributed by atoms with Crippen molar-refractivity contribution in [1.29, 1.82) is 0 Å². The minimum absolute atomic E-state index is 0.0807. The Morgan fingerprint density at radius 1 is 1.17 bits per heavy atom. The summed E-state index contributed by atoms with van der Waals surface area (Å²) in [5, 5.41) is 0. The van der Waals surface area contributed by atoms with Crippen LogP contribution in [0.15, 0.2) is 16.3 Å². The SMILES string of the molecule is Cc1ccc(S(=O)(=O)NC(C)(C)CC(C)(C)C)s1. The van der Waals surface area contributed by atoms with Gasteiger partial charge in [0.15, 0.2) is 0 Å².